The van der Waals surface area contributed by atoms with E-state index in [-0.39, 0.29) is 24.5 Å². The van der Waals surface area contributed by atoms with Gasteiger partial charge in [-0.3, -0.25) is 4.79 Å². The highest BCUT2D eigenvalue weighted by atomic mass is 32.2. The second-order valence-corrected chi connectivity index (χ2v) is 7.78. The molecule has 3 N–H and O–H groups in total. The molecule has 0 aromatic carbocycles. The van der Waals surface area contributed by atoms with E-state index < -0.39 is 21.3 Å². The Bertz CT molecular complexity index is 406. The van der Waals surface area contributed by atoms with Crippen molar-refractivity contribution in [3.8, 4) is 0 Å². The molecule has 106 valence electrons. The van der Waals surface area contributed by atoms with E-state index in [0.29, 0.717) is 6.42 Å². The molecule has 0 saturated carbocycles. The van der Waals surface area contributed by atoms with Crippen molar-refractivity contribution in [1.29, 1.82) is 0 Å². The third kappa shape index (κ3) is 3.21. The molecule has 0 spiro atoms. The molecule has 0 unspecified atom stereocenters. The Morgan fingerprint density at radius 1 is 1.33 bits per heavy atom. The Morgan fingerprint density at radius 3 is 2.33 bits per heavy atom. The maximum atomic E-state index is 12.2. The molecule has 7 heteroatoms. The fourth-order valence-electron chi connectivity index (χ4n) is 2.01. The van der Waals surface area contributed by atoms with Crippen LogP contribution in [0.2, 0.25) is 0 Å². The first-order chi connectivity index (χ1) is 8.16. The molecule has 6 nitrogen and oxygen atoms in total. The largest absolute Gasteiger partial charge is 0.353 e. The quantitative estimate of drug-likeness (QED) is 0.734. The number of amides is 1. The van der Waals surface area contributed by atoms with Gasteiger partial charge in [0.05, 0.1) is 5.25 Å². The summed E-state index contributed by atoms with van der Waals surface area (Å²) in [5.41, 5.74) is 5.79. The van der Waals surface area contributed by atoms with Gasteiger partial charge in [-0.1, -0.05) is 0 Å². The van der Waals surface area contributed by atoms with Crippen molar-refractivity contribution < 1.29 is 13.2 Å². The molecule has 1 fully saturated rings. The zero-order valence-electron chi connectivity index (χ0n) is 11.4. The highest BCUT2D eigenvalue weighted by Crippen LogP contribution is 2.23. The van der Waals surface area contributed by atoms with E-state index in [1.165, 1.54) is 4.31 Å². The summed E-state index contributed by atoms with van der Waals surface area (Å²) in [6, 6.07) is -0.964. The molecule has 1 amide bonds. The maximum Gasteiger partial charge on any atom is 0.238 e. The van der Waals surface area contributed by atoms with Crippen molar-refractivity contribution in [2.75, 3.05) is 6.54 Å². The second kappa shape index (κ2) is 5.54. The first-order valence-electron chi connectivity index (χ1n) is 6.22. The zero-order chi connectivity index (χ0) is 14.1. The lowest BCUT2D eigenvalue weighted by Gasteiger charge is -2.25. The SMILES string of the molecule is CC(C)NC(=O)[C@@H]1C[C@H](N)CN1S(=O)(=O)C(C)C. The van der Waals surface area contributed by atoms with Crippen molar-refractivity contribution in [1.82, 2.24) is 9.62 Å². The van der Waals surface area contributed by atoms with Crippen LogP contribution >= 0.6 is 0 Å². The zero-order valence-corrected chi connectivity index (χ0v) is 12.2. The van der Waals surface area contributed by atoms with Crippen molar-refractivity contribution in [3.63, 3.8) is 0 Å². The number of carbonyl (C=O) groups excluding carboxylic acids is 1. The Morgan fingerprint density at radius 2 is 1.89 bits per heavy atom. The maximum absolute atomic E-state index is 12.2. The summed E-state index contributed by atoms with van der Waals surface area (Å²) in [4.78, 5) is 12.0. The van der Waals surface area contributed by atoms with Gasteiger partial charge in [-0.2, -0.15) is 4.31 Å². The summed E-state index contributed by atoms with van der Waals surface area (Å²) in [5.74, 6) is -0.262. The van der Waals surface area contributed by atoms with Gasteiger partial charge in [-0.05, 0) is 34.1 Å². The minimum Gasteiger partial charge on any atom is -0.353 e. The van der Waals surface area contributed by atoms with Crippen molar-refractivity contribution in [2.45, 2.75) is 57.5 Å². The van der Waals surface area contributed by atoms with Gasteiger partial charge in [0, 0.05) is 18.6 Å². The van der Waals surface area contributed by atoms with Gasteiger partial charge in [0.25, 0.3) is 0 Å². The highest BCUT2D eigenvalue weighted by molar-refractivity contribution is 7.89. The third-order valence-corrected chi connectivity index (χ3v) is 5.19. The van der Waals surface area contributed by atoms with E-state index in [2.05, 4.69) is 5.32 Å². The number of hydrogen-bond donors (Lipinski definition) is 2. The molecule has 1 heterocycles. The fraction of sp³-hybridized carbons (Fsp3) is 0.909. The number of hydrogen-bond acceptors (Lipinski definition) is 4. The summed E-state index contributed by atoms with van der Waals surface area (Å²) in [6.07, 6.45) is 0.379. The normalized spacial score (nSPS) is 25.9. The van der Waals surface area contributed by atoms with E-state index in [1.54, 1.807) is 13.8 Å². The molecule has 0 aromatic heterocycles. The molecule has 0 aliphatic carbocycles. The molecule has 18 heavy (non-hydrogen) atoms. The van der Waals surface area contributed by atoms with Gasteiger partial charge in [0.15, 0.2) is 0 Å². The first-order valence-corrected chi connectivity index (χ1v) is 7.73. The van der Waals surface area contributed by atoms with Gasteiger partial charge in [0.2, 0.25) is 15.9 Å². The molecular weight excluding hydrogens is 254 g/mol. The minimum absolute atomic E-state index is 0.0158. The van der Waals surface area contributed by atoms with E-state index in [1.807, 2.05) is 13.8 Å². The molecule has 2 atom stereocenters. The standard InChI is InChI=1S/C11H23N3O3S/c1-7(2)13-11(15)10-5-9(12)6-14(10)18(16,17)8(3)4/h7-10H,5-6,12H2,1-4H3,(H,13,15)/t9-,10-/m0/s1. The van der Waals surface area contributed by atoms with Gasteiger partial charge in [0.1, 0.15) is 6.04 Å². The van der Waals surface area contributed by atoms with E-state index in [0.717, 1.165) is 0 Å². The van der Waals surface area contributed by atoms with Gasteiger partial charge >= 0.3 is 0 Å². The summed E-state index contributed by atoms with van der Waals surface area (Å²) in [7, 11) is -3.45. The van der Waals surface area contributed by atoms with E-state index in [4.69, 9.17) is 5.73 Å². The van der Waals surface area contributed by atoms with Crippen LogP contribution in [0.4, 0.5) is 0 Å². The van der Waals surface area contributed by atoms with Crippen LogP contribution in [0.25, 0.3) is 0 Å². The lowest BCUT2D eigenvalue weighted by atomic mass is 10.1. The Kier molecular flexibility index (Phi) is 4.74. The number of nitrogens with zero attached hydrogens (tertiary/aromatic N) is 1. The predicted octanol–water partition coefficient (Wildman–Crippen LogP) is -0.349. The smallest absolute Gasteiger partial charge is 0.238 e. The van der Waals surface area contributed by atoms with Crippen LogP contribution in [0.1, 0.15) is 34.1 Å². The predicted molar refractivity (Wildman–Crippen MR) is 70.4 cm³/mol. The number of sulfonamides is 1. The topological polar surface area (TPSA) is 92.5 Å². The molecule has 0 aromatic rings. The average molecular weight is 277 g/mol. The average Bonchev–Trinajstić information content (AvgIpc) is 2.59. The minimum atomic E-state index is -3.45. The molecule has 0 radical (unpaired) electrons. The van der Waals surface area contributed by atoms with Crippen LogP contribution in [0.5, 0.6) is 0 Å². The summed E-state index contributed by atoms with van der Waals surface area (Å²) >= 11 is 0. The van der Waals surface area contributed by atoms with Crippen molar-refractivity contribution in [2.24, 2.45) is 5.73 Å². The Hall–Kier alpha value is -0.660. The van der Waals surface area contributed by atoms with Crippen LogP contribution in [0, 0.1) is 0 Å². The summed E-state index contributed by atoms with van der Waals surface area (Å²) in [5, 5.41) is 2.20. The van der Waals surface area contributed by atoms with E-state index in [9.17, 15) is 13.2 Å². The summed E-state index contributed by atoms with van der Waals surface area (Å²) < 4.78 is 25.6. The van der Waals surface area contributed by atoms with Crippen LogP contribution in [0.15, 0.2) is 0 Å². The third-order valence-electron chi connectivity index (χ3n) is 2.94. The number of nitrogens with two attached hydrogens (primary N) is 1. The number of nitrogens with one attached hydrogen (secondary N) is 1. The molecule has 1 aliphatic rings. The van der Waals surface area contributed by atoms with Crippen LogP contribution in [-0.4, -0.2) is 48.6 Å². The Balaban J connectivity index is 2.93. The molecule has 1 rings (SSSR count). The van der Waals surface area contributed by atoms with Crippen LogP contribution in [0.3, 0.4) is 0 Å². The van der Waals surface area contributed by atoms with Crippen molar-refractivity contribution in [3.05, 3.63) is 0 Å². The highest BCUT2D eigenvalue weighted by Gasteiger charge is 2.43. The lowest BCUT2D eigenvalue weighted by molar-refractivity contribution is -0.124. The Labute approximate surface area is 109 Å². The van der Waals surface area contributed by atoms with Gasteiger partial charge in [-0.25, -0.2) is 8.42 Å². The lowest BCUT2D eigenvalue weighted by Crippen LogP contribution is -2.49. The van der Waals surface area contributed by atoms with Gasteiger partial charge in [-0.15, -0.1) is 0 Å². The van der Waals surface area contributed by atoms with E-state index >= 15 is 0 Å². The number of carbonyl (C=O) groups is 1. The van der Waals surface area contributed by atoms with Crippen LogP contribution < -0.4 is 11.1 Å². The first kappa shape index (κ1) is 15.4. The monoisotopic (exact) mass is 277 g/mol. The molecule has 1 saturated heterocycles. The fourth-order valence-corrected chi connectivity index (χ4v) is 3.49. The molecule has 1 aliphatic heterocycles. The molecular formula is C11H23N3O3S. The van der Waals surface area contributed by atoms with Gasteiger partial charge < -0.3 is 11.1 Å². The second-order valence-electron chi connectivity index (χ2n) is 5.34. The molecule has 0 bridgehead atoms. The van der Waals surface area contributed by atoms with Crippen molar-refractivity contribution >= 4 is 15.9 Å². The van der Waals surface area contributed by atoms with Crippen LogP contribution in [-0.2, 0) is 14.8 Å². The summed E-state index contributed by atoms with van der Waals surface area (Å²) in [6.45, 7) is 7.12. The number of rotatable bonds is 4.